The van der Waals surface area contributed by atoms with Crippen LogP contribution in [0.25, 0.3) is 0 Å². The molecular weight excluding hydrogens is 351 g/mol. The van der Waals surface area contributed by atoms with Crippen molar-refractivity contribution < 1.29 is 23.5 Å². The number of hydrogen-bond donors (Lipinski definition) is 1. The number of amides is 3. The Balaban J connectivity index is 1.68. The molecule has 7 heteroatoms. The first-order valence-corrected chi connectivity index (χ1v) is 8.46. The predicted molar refractivity (Wildman–Crippen MR) is 95.7 cm³/mol. The highest BCUT2D eigenvalue weighted by Gasteiger charge is 2.32. The lowest BCUT2D eigenvalue weighted by atomic mass is 9.98. The molecule has 0 radical (unpaired) electrons. The quantitative estimate of drug-likeness (QED) is 0.819. The average molecular weight is 370 g/mol. The van der Waals surface area contributed by atoms with Crippen molar-refractivity contribution in [3.63, 3.8) is 0 Å². The first kappa shape index (κ1) is 18.6. The maximum Gasteiger partial charge on any atom is 0.261 e. The van der Waals surface area contributed by atoms with E-state index in [1.165, 1.54) is 19.2 Å². The molecule has 0 aliphatic carbocycles. The Kier molecular flexibility index (Phi) is 5.21. The number of nitrogens with one attached hydrogen (secondary N) is 1. The van der Waals surface area contributed by atoms with Crippen LogP contribution in [-0.4, -0.2) is 36.3 Å². The number of carbonyl (C=O) groups is 3. The first-order chi connectivity index (χ1) is 12.9. The molecule has 2 aromatic carbocycles. The normalized spacial score (nSPS) is 14.6. The second kappa shape index (κ2) is 7.57. The molecule has 0 aromatic heterocycles. The molecule has 1 heterocycles. The fraction of sp³-hybridized carbons (Fsp3) is 0.250. The summed E-state index contributed by atoms with van der Waals surface area (Å²) < 4.78 is 18.7. The molecule has 27 heavy (non-hydrogen) atoms. The van der Waals surface area contributed by atoms with Gasteiger partial charge in [-0.25, -0.2) is 4.39 Å². The molecule has 1 aliphatic heterocycles. The van der Waals surface area contributed by atoms with Gasteiger partial charge in [0.15, 0.2) is 11.6 Å². The van der Waals surface area contributed by atoms with Crippen LogP contribution in [0, 0.1) is 5.82 Å². The van der Waals surface area contributed by atoms with Gasteiger partial charge in [0, 0.05) is 5.56 Å². The first-order valence-electron chi connectivity index (χ1n) is 8.46. The molecule has 0 unspecified atom stereocenters. The molecule has 3 rings (SSSR count). The van der Waals surface area contributed by atoms with Crippen LogP contribution in [0.15, 0.2) is 42.5 Å². The van der Waals surface area contributed by atoms with E-state index < -0.39 is 29.6 Å². The predicted octanol–water partition coefficient (Wildman–Crippen LogP) is 2.24. The van der Waals surface area contributed by atoms with Gasteiger partial charge in [0.1, 0.15) is 6.54 Å². The minimum Gasteiger partial charge on any atom is -0.494 e. The summed E-state index contributed by atoms with van der Waals surface area (Å²) in [5, 5.41) is 2.68. The number of nitrogens with zero attached hydrogens (tertiary/aromatic N) is 1. The third-order valence-electron chi connectivity index (χ3n) is 4.49. The Labute approximate surface area is 155 Å². The van der Waals surface area contributed by atoms with Crippen LogP contribution in [0.1, 0.15) is 34.5 Å². The maximum absolute atomic E-state index is 13.8. The second-order valence-electron chi connectivity index (χ2n) is 6.30. The minimum absolute atomic E-state index is 0.0778. The van der Waals surface area contributed by atoms with Crippen molar-refractivity contribution in [3.8, 4) is 5.75 Å². The van der Waals surface area contributed by atoms with Crippen LogP contribution < -0.4 is 10.1 Å². The monoisotopic (exact) mass is 370 g/mol. The van der Waals surface area contributed by atoms with Gasteiger partial charge in [0.25, 0.3) is 5.91 Å². The lowest BCUT2D eigenvalue weighted by molar-refractivity contribution is -0.133. The Morgan fingerprint density at radius 1 is 1.26 bits per heavy atom. The van der Waals surface area contributed by atoms with E-state index in [9.17, 15) is 18.8 Å². The van der Waals surface area contributed by atoms with Gasteiger partial charge in [-0.05, 0) is 36.2 Å². The van der Waals surface area contributed by atoms with Crippen LogP contribution >= 0.6 is 0 Å². The van der Waals surface area contributed by atoms with Crippen molar-refractivity contribution >= 4 is 17.7 Å². The SMILES string of the molecule is COc1ccc([C@@H](C)NC(=O)CN2C(=O)Cc3ccccc3C2=O)cc1F. The van der Waals surface area contributed by atoms with Gasteiger partial charge in [-0.15, -0.1) is 0 Å². The average Bonchev–Trinajstić information content (AvgIpc) is 2.65. The summed E-state index contributed by atoms with van der Waals surface area (Å²) in [6.07, 6.45) is 0.0778. The molecule has 0 bridgehead atoms. The zero-order valence-electron chi connectivity index (χ0n) is 15.0. The number of imide groups is 1. The third-order valence-corrected chi connectivity index (χ3v) is 4.49. The smallest absolute Gasteiger partial charge is 0.261 e. The Hall–Kier alpha value is -3.22. The van der Waals surface area contributed by atoms with Crippen molar-refractivity contribution in [2.75, 3.05) is 13.7 Å². The van der Waals surface area contributed by atoms with E-state index in [1.807, 2.05) is 0 Å². The van der Waals surface area contributed by atoms with Gasteiger partial charge < -0.3 is 10.1 Å². The van der Waals surface area contributed by atoms with Gasteiger partial charge in [0.2, 0.25) is 11.8 Å². The molecular formula is C20H19FN2O4. The summed E-state index contributed by atoms with van der Waals surface area (Å²) in [4.78, 5) is 38.0. The summed E-state index contributed by atoms with van der Waals surface area (Å²) in [5.41, 5.74) is 1.63. The summed E-state index contributed by atoms with van der Waals surface area (Å²) in [6.45, 7) is 1.31. The highest BCUT2D eigenvalue weighted by molar-refractivity contribution is 6.11. The van der Waals surface area contributed by atoms with Crippen LogP contribution in [0.5, 0.6) is 5.75 Å². The fourth-order valence-electron chi connectivity index (χ4n) is 3.03. The number of halogens is 1. The number of fused-ring (bicyclic) bond motifs is 1. The standard InChI is InChI=1S/C20H19FN2O4/c1-12(13-7-8-17(27-2)16(21)9-13)22-18(24)11-23-19(25)10-14-5-3-4-6-15(14)20(23)26/h3-9,12H,10-11H2,1-2H3,(H,22,24)/t12-/m1/s1. The fourth-order valence-corrected chi connectivity index (χ4v) is 3.03. The number of ether oxygens (including phenoxy) is 1. The molecule has 6 nitrogen and oxygen atoms in total. The number of methoxy groups -OCH3 is 1. The summed E-state index contributed by atoms with van der Waals surface area (Å²) in [7, 11) is 1.37. The largest absolute Gasteiger partial charge is 0.494 e. The third kappa shape index (κ3) is 3.81. The maximum atomic E-state index is 13.8. The molecule has 1 N–H and O–H groups in total. The molecule has 3 amide bonds. The van der Waals surface area contributed by atoms with Crippen molar-refractivity contribution in [2.45, 2.75) is 19.4 Å². The van der Waals surface area contributed by atoms with Gasteiger partial charge in [-0.3, -0.25) is 19.3 Å². The molecule has 1 aliphatic rings. The van der Waals surface area contributed by atoms with E-state index >= 15 is 0 Å². The summed E-state index contributed by atoms with van der Waals surface area (Å²) in [6, 6.07) is 10.7. The Morgan fingerprint density at radius 2 is 2.00 bits per heavy atom. The van der Waals surface area contributed by atoms with Crippen molar-refractivity contribution in [1.29, 1.82) is 0 Å². The summed E-state index contributed by atoms with van der Waals surface area (Å²) in [5.74, 6) is -1.83. The topological polar surface area (TPSA) is 75.7 Å². The van der Waals surface area contributed by atoms with Crippen molar-refractivity contribution in [1.82, 2.24) is 10.2 Å². The molecule has 0 saturated carbocycles. The highest BCUT2D eigenvalue weighted by atomic mass is 19.1. The molecule has 140 valence electrons. The van der Waals surface area contributed by atoms with Crippen LogP contribution in [0.2, 0.25) is 0 Å². The number of rotatable bonds is 5. The van der Waals surface area contributed by atoms with Gasteiger partial charge in [-0.2, -0.15) is 0 Å². The number of hydrogen-bond acceptors (Lipinski definition) is 4. The van der Waals surface area contributed by atoms with Crippen molar-refractivity contribution in [2.24, 2.45) is 0 Å². The van der Waals surface area contributed by atoms with Gasteiger partial charge >= 0.3 is 0 Å². The molecule has 2 aromatic rings. The van der Waals surface area contributed by atoms with E-state index in [4.69, 9.17) is 4.74 Å². The van der Waals surface area contributed by atoms with Gasteiger partial charge in [-0.1, -0.05) is 24.3 Å². The zero-order valence-corrected chi connectivity index (χ0v) is 15.0. The Bertz CT molecular complexity index is 913. The van der Waals surface area contributed by atoms with Crippen LogP contribution in [-0.2, 0) is 16.0 Å². The zero-order chi connectivity index (χ0) is 19.6. The van der Waals surface area contributed by atoms with E-state index in [0.717, 1.165) is 4.90 Å². The lowest BCUT2D eigenvalue weighted by Crippen LogP contribution is -2.47. The number of carbonyl (C=O) groups excluding carboxylic acids is 3. The minimum atomic E-state index is -0.533. The van der Waals surface area contributed by atoms with E-state index in [1.54, 1.807) is 37.3 Å². The van der Waals surface area contributed by atoms with E-state index in [0.29, 0.717) is 16.7 Å². The number of benzene rings is 2. The summed E-state index contributed by atoms with van der Waals surface area (Å²) >= 11 is 0. The molecule has 0 fully saturated rings. The van der Waals surface area contributed by atoms with Crippen LogP contribution in [0.3, 0.4) is 0 Å². The highest BCUT2D eigenvalue weighted by Crippen LogP contribution is 2.22. The van der Waals surface area contributed by atoms with E-state index in [2.05, 4.69) is 5.32 Å². The molecule has 0 spiro atoms. The van der Waals surface area contributed by atoms with Crippen LogP contribution in [0.4, 0.5) is 4.39 Å². The van der Waals surface area contributed by atoms with Crippen molar-refractivity contribution in [3.05, 3.63) is 65.0 Å². The molecule has 1 atom stereocenters. The molecule has 0 saturated heterocycles. The Morgan fingerprint density at radius 3 is 2.70 bits per heavy atom. The van der Waals surface area contributed by atoms with Gasteiger partial charge in [0.05, 0.1) is 19.6 Å². The lowest BCUT2D eigenvalue weighted by Gasteiger charge is -2.27. The van der Waals surface area contributed by atoms with E-state index in [-0.39, 0.29) is 18.7 Å². The second-order valence-corrected chi connectivity index (χ2v) is 6.30.